The molecule has 0 aliphatic rings. The SMILES string of the molecule is COc1ccc(C(=O)NCCC(c2ccc(OC)cc2)C(C)C)cc1. The van der Waals surface area contributed by atoms with Crippen molar-refractivity contribution >= 4 is 5.91 Å². The topological polar surface area (TPSA) is 47.6 Å². The van der Waals surface area contributed by atoms with E-state index in [0.717, 1.165) is 17.9 Å². The highest BCUT2D eigenvalue weighted by atomic mass is 16.5. The second-order valence-electron chi connectivity index (χ2n) is 6.40. The summed E-state index contributed by atoms with van der Waals surface area (Å²) in [6, 6.07) is 15.3. The summed E-state index contributed by atoms with van der Waals surface area (Å²) in [6.45, 7) is 5.06. The summed E-state index contributed by atoms with van der Waals surface area (Å²) in [5.41, 5.74) is 1.92. The Hall–Kier alpha value is -2.49. The molecule has 2 aromatic rings. The highest BCUT2D eigenvalue weighted by Gasteiger charge is 2.16. The highest BCUT2D eigenvalue weighted by molar-refractivity contribution is 5.94. The van der Waals surface area contributed by atoms with E-state index in [1.54, 1.807) is 38.5 Å². The van der Waals surface area contributed by atoms with E-state index in [9.17, 15) is 4.79 Å². The first-order valence-electron chi connectivity index (χ1n) is 8.61. The smallest absolute Gasteiger partial charge is 0.251 e. The number of benzene rings is 2. The van der Waals surface area contributed by atoms with E-state index < -0.39 is 0 Å². The summed E-state index contributed by atoms with van der Waals surface area (Å²) in [7, 11) is 3.28. The molecule has 1 atom stereocenters. The van der Waals surface area contributed by atoms with Crippen molar-refractivity contribution in [2.24, 2.45) is 5.92 Å². The Morgan fingerprint density at radius 1 is 0.920 bits per heavy atom. The summed E-state index contributed by atoms with van der Waals surface area (Å²) >= 11 is 0. The van der Waals surface area contributed by atoms with Crippen LogP contribution in [0.15, 0.2) is 48.5 Å². The average molecular weight is 341 g/mol. The van der Waals surface area contributed by atoms with Crippen LogP contribution >= 0.6 is 0 Å². The number of carbonyl (C=O) groups is 1. The van der Waals surface area contributed by atoms with Crippen molar-refractivity contribution in [1.82, 2.24) is 5.32 Å². The molecule has 0 aromatic heterocycles. The fourth-order valence-corrected chi connectivity index (χ4v) is 2.92. The van der Waals surface area contributed by atoms with E-state index in [-0.39, 0.29) is 5.91 Å². The summed E-state index contributed by atoms with van der Waals surface area (Å²) in [5, 5.41) is 3.01. The average Bonchev–Trinajstić information content (AvgIpc) is 2.65. The van der Waals surface area contributed by atoms with Crippen molar-refractivity contribution in [1.29, 1.82) is 0 Å². The maximum Gasteiger partial charge on any atom is 0.251 e. The van der Waals surface area contributed by atoms with E-state index in [2.05, 4.69) is 31.3 Å². The van der Waals surface area contributed by atoms with Gasteiger partial charge in [0.15, 0.2) is 0 Å². The molecule has 1 unspecified atom stereocenters. The van der Waals surface area contributed by atoms with Gasteiger partial charge in [-0.25, -0.2) is 0 Å². The standard InChI is InChI=1S/C21H27NO3/c1-15(2)20(16-5-9-18(24-3)10-6-16)13-14-22-21(23)17-7-11-19(25-4)12-8-17/h5-12,15,20H,13-14H2,1-4H3,(H,22,23). The van der Waals surface area contributed by atoms with Crippen LogP contribution in [0.25, 0.3) is 0 Å². The quantitative estimate of drug-likeness (QED) is 0.780. The number of rotatable bonds is 8. The number of amides is 1. The van der Waals surface area contributed by atoms with Crippen molar-refractivity contribution in [2.45, 2.75) is 26.2 Å². The van der Waals surface area contributed by atoms with Crippen molar-refractivity contribution in [3.63, 3.8) is 0 Å². The van der Waals surface area contributed by atoms with E-state index in [1.165, 1.54) is 5.56 Å². The molecule has 0 bridgehead atoms. The van der Waals surface area contributed by atoms with E-state index in [4.69, 9.17) is 9.47 Å². The van der Waals surface area contributed by atoms with Gasteiger partial charge in [-0.2, -0.15) is 0 Å². The molecule has 0 fully saturated rings. The molecule has 0 saturated carbocycles. The van der Waals surface area contributed by atoms with Crippen LogP contribution in [0.3, 0.4) is 0 Å². The normalized spacial score (nSPS) is 11.9. The molecule has 2 aromatic carbocycles. The molecule has 25 heavy (non-hydrogen) atoms. The number of hydrogen-bond acceptors (Lipinski definition) is 3. The summed E-state index contributed by atoms with van der Waals surface area (Å²) in [5.74, 6) is 2.43. The summed E-state index contributed by atoms with van der Waals surface area (Å²) in [4.78, 5) is 12.2. The third kappa shape index (κ3) is 5.24. The zero-order chi connectivity index (χ0) is 18.2. The third-order valence-corrected chi connectivity index (χ3v) is 4.44. The van der Waals surface area contributed by atoms with Crippen LogP contribution in [0, 0.1) is 5.92 Å². The molecule has 0 heterocycles. The molecular weight excluding hydrogens is 314 g/mol. The van der Waals surface area contributed by atoms with Gasteiger partial charge in [0.25, 0.3) is 5.91 Å². The van der Waals surface area contributed by atoms with Gasteiger partial charge in [-0.1, -0.05) is 26.0 Å². The Bertz CT molecular complexity index is 663. The lowest BCUT2D eigenvalue weighted by atomic mass is 9.86. The van der Waals surface area contributed by atoms with Crippen molar-refractivity contribution < 1.29 is 14.3 Å². The summed E-state index contributed by atoms with van der Waals surface area (Å²) in [6.07, 6.45) is 0.895. The Morgan fingerprint density at radius 2 is 1.44 bits per heavy atom. The minimum Gasteiger partial charge on any atom is -0.497 e. The molecule has 0 radical (unpaired) electrons. The fourth-order valence-electron chi connectivity index (χ4n) is 2.92. The Kier molecular flexibility index (Phi) is 6.87. The van der Waals surface area contributed by atoms with Gasteiger partial charge in [0.05, 0.1) is 14.2 Å². The number of ether oxygens (including phenoxy) is 2. The van der Waals surface area contributed by atoms with Crippen LogP contribution < -0.4 is 14.8 Å². The predicted octanol–water partition coefficient (Wildman–Crippen LogP) is 4.26. The van der Waals surface area contributed by atoms with Gasteiger partial charge in [-0.3, -0.25) is 4.79 Å². The van der Waals surface area contributed by atoms with Gasteiger partial charge in [0.2, 0.25) is 0 Å². The first-order valence-corrected chi connectivity index (χ1v) is 8.61. The number of nitrogens with one attached hydrogen (secondary N) is 1. The lowest BCUT2D eigenvalue weighted by molar-refractivity contribution is 0.0951. The lowest BCUT2D eigenvalue weighted by Crippen LogP contribution is -2.26. The Labute approximate surface area is 150 Å². The van der Waals surface area contributed by atoms with Crippen LogP contribution in [0.2, 0.25) is 0 Å². The summed E-state index contributed by atoms with van der Waals surface area (Å²) < 4.78 is 10.3. The molecular formula is C21H27NO3. The minimum absolute atomic E-state index is 0.0557. The van der Waals surface area contributed by atoms with Gasteiger partial charge in [-0.15, -0.1) is 0 Å². The molecule has 0 spiro atoms. The van der Waals surface area contributed by atoms with Crippen LogP contribution in [0.4, 0.5) is 0 Å². The second kappa shape index (κ2) is 9.11. The monoisotopic (exact) mass is 341 g/mol. The van der Waals surface area contributed by atoms with Crippen molar-refractivity contribution in [2.75, 3.05) is 20.8 Å². The van der Waals surface area contributed by atoms with E-state index in [1.807, 2.05) is 12.1 Å². The van der Waals surface area contributed by atoms with Crippen LogP contribution in [0.5, 0.6) is 11.5 Å². The molecule has 1 amide bonds. The second-order valence-corrected chi connectivity index (χ2v) is 6.40. The fraction of sp³-hybridized carbons (Fsp3) is 0.381. The largest absolute Gasteiger partial charge is 0.497 e. The van der Waals surface area contributed by atoms with Crippen molar-refractivity contribution in [3.8, 4) is 11.5 Å². The van der Waals surface area contributed by atoms with Gasteiger partial charge >= 0.3 is 0 Å². The Balaban J connectivity index is 1.92. The molecule has 0 saturated heterocycles. The van der Waals surface area contributed by atoms with Crippen LogP contribution in [-0.4, -0.2) is 26.7 Å². The predicted molar refractivity (Wildman–Crippen MR) is 101 cm³/mol. The number of hydrogen-bond donors (Lipinski definition) is 1. The van der Waals surface area contributed by atoms with Gasteiger partial charge < -0.3 is 14.8 Å². The maximum absolute atomic E-state index is 12.2. The molecule has 2 rings (SSSR count). The van der Waals surface area contributed by atoms with E-state index in [0.29, 0.717) is 23.9 Å². The van der Waals surface area contributed by atoms with Crippen molar-refractivity contribution in [3.05, 3.63) is 59.7 Å². The zero-order valence-electron chi connectivity index (χ0n) is 15.4. The molecule has 4 heteroatoms. The number of methoxy groups -OCH3 is 2. The van der Waals surface area contributed by atoms with E-state index >= 15 is 0 Å². The van der Waals surface area contributed by atoms with Crippen LogP contribution in [-0.2, 0) is 0 Å². The number of carbonyl (C=O) groups excluding carboxylic acids is 1. The molecule has 134 valence electrons. The first kappa shape index (κ1) is 18.8. The minimum atomic E-state index is -0.0557. The van der Waals surface area contributed by atoms with Gasteiger partial charge in [-0.05, 0) is 60.2 Å². The zero-order valence-corrected chi connectivity index (χ0v) is 15.4. The highest BCUT2D eigenvalue weighted by Crippen LogP contribution is 2.28. The van der Waals surface area contributed by atoms with Gasteiger partial charge in [0, 0.05) is 12.1 Å². The first-order chi connectivity index (χ1) is 12.0. The van der Waals surface area contributed by atoms with Crippen LogP contribution in [0.1, 0.15) is 42.1 Å². The molecule has 0 aliphatic carbocycles. The molecule has 0 aliphatic heterocycles. The molecule has 1 N–H and O–H groups in total. The Morgan fingerprint density at radius 3 is 1.92 bits per heavy atom. The third-order valence-electron chi connectivity index (χ3n) is 4.44. The van der Waals surface area contributed by atoms with Gasteiger partial charge in [0.1, 0.15) is 11.5 Å². The maximum atomic E-state index is 12.2. The lowest BCUT2D eigenvalue weighted by Gasteiger charge is -2.22. The molecule has 4 nitrogen and oxygen atoms in total.